The third-order valence-electron chi connectivity index (χ3n) is 1.83. The van der Waals surface area contributed by atoms with Gasteiger partial charge >= 0.3 is 0 Å². The lowest BCUT2D eigenvalue weighted by Crippen LogP contribution is -1.98. The van der Waals surface area contributed by atoms with E-state index in [9.17, 15) is 0 Å². The first-order valence-corrected chi connectivity index (χ1v) is 3.94. The van der Waals surface area contributed by atoms with Crippen LogP contribution in [0.2, 0.25) is 0 Å². The zero-order valence-electron chi connectivity index (χ0n) is 7.98. The second-order valence-corrected chi connectivity index (χ2v) is 2.64. The Balaban J connectivity index is 3.33. The lowest BCUT2D eigenvalue weighted by atomic mass is 10.2. The van der Waals surface area contributed by atoms with Crippen molar-refractivity contribution < 1.29 is 4.74 Å². The molecule has 0 spiro atoms. The van der Waals surface area contributed by atoms with Gasteiger partial charge in [-0.25, -0.2) is 0 Å². The highest BCUT2D eigenvalue weighted by Crippen LogP contribution is 2.18. The summed E-state index contributed by atoms with van der Waals surface area (Å²) in [6.45, 7) is 0. The topological polar surface area (TPSA) is 61.7 Å². The molecule has 0 saturated heterocycles. The second kappa shape index (κ2) is 4.15. The maximum Gasteiger partial charge on any atom is 0.173 e. The molecule has 0 fully saturated rings. The Hall–Kier alpha value is -2.20. The zero-order chi connectivity index (χ0) is 10.6. The highest BCUT2D eigenvalue weighted by Gasteiger charge is 2.11. The molecule has 0 amide bonds. The number of nitrogens with zero attached hydrogens (tertiary/aromatic N) is 3. The first-order chi connectivity index (χ1) is 6.74. The molecule has 0 atom stereocenters. The Morgan fingerprint density at radius 2 is 2.07 bits per heavy atom. The fourth-order valence-corrected chi connectivity index (χ4v) is 1.16. The molecule has 0 bridgehead atoms. The molecule has 1 rings (SSSR count). The van der Waals surface area contributed by atoms with E-state index < -0.39 is 0 Å². The molecule has 1 aromatic heterocycles. The van der Waals surface area contributed by atoms with E-state index in [1.807, 2.05) is 19.3 Å². The molecule has 0 aliphatic carbocycles. The van der Waals surface area contributed by atoms with E-state index >= 15 is 0 Å². The molecule has 0 aliphatic rings. The van der Waals surface area contributed by atoms with Crippen molar-refractivity contribution in [3.63, 3.8) is 0 Å². The average Bonchev–Trinajstić information content (AvgIpc) is 2.61. The molecule has 4 heteroatoms. The van der Waals surface area contributed by atoms with Gasteiger partial charge < -0.3 is 9.30 Å². The monoisotopic (exact) mass is 187 g/mol. The predicted molar refractivity (Wildman–Crippen MR) is 50.6 cm³/mol. The number of rotatable bonds is 2. The maximum atomic E-state index is 8.70. The number of hydrogen-bond acceptors (Lipinski definition) is 3. The van der Waals surface area contributed by atoms with Crippen LogP contribution >= 0.6 is 0 Å². The summed E-state index contributed by atoms with van der Waals surface area (Å²) >= 11 is 0. The van der Waals surface area contributed by atoms with Crippen molar-refractivity contribution in [3.8, 4) is 12.1 Å². The Kier molecular flexibility index (Phi) is 2.93. The fourth-order valence-electron chi connectivity index (χ4n) is 1.16. The van der Waals surface area contributed by atoms with Crippen LogP contribution in [0.15, 0.2) is 23.9 Å². The zero-order valence-corrected chi connectivity index (χ0v) is 7.98. The number of aryl methyl sites for hydroxylation is 1. The summed E-state index contributed by atoms with van der Waals surface area (Å²) in [4.78, 5) is 0. The molecule has 0 aliphatic heterocycles. The minimum Gasteiger partial charge on any atom is -0.492 e. The number of ether oxygens (including phenoxy) is 1. The van der Waals surface area contributed by atoms with E-state index in [0.29, 0.717) is 11.5 Å². The van der Waals surface area contributed by atoms with Crippen LogP contribution in [0, 0.1) is 22.7 Å². The molecule has 70 valence electrons. The van der Waals surface area contributed by atoms with Gasteiger partial charge in [-0.3, -0.25) is 0 Å². The van der Waals surface area contributed by atoms with Gasteiger partial charge in [0.25, 0.3) is 0 Å². The molecule has 0 unspecified atom stereocenters. The molecular weight excluding hydrogens is 178 g/mol. The second-order valence-electron chi connectivity index (χ2n) is 2.64. The first kappa shape index (κ1) is 9.88. The van der Waals surface area contributed by atoms with Crippen molar-refractivity contribution in [2.45, 2.75) is 0 Å². The van der Waals surface area contributed by atoms with Crippen molar-refractivity contribution in [1.82, 2.24) is 4.57 Å². The van der Waals surface area contributed by atoms with Gasteiger partial charge in [0.15, 0.2) is 11.3 Å². The van der Waals surface area contributed by atoms with Gasteiger partial charge in [-0.1, -0.05) is 0 Å². The highest BCUT2D eigenvalue weighted by atomic mass is 16.5. The van der Waals surface area contributed by atoms with Crippen LogP contribution in [0.5, 0.6) is 0 Å². The summed E-state index contributed by atoms with van der Waals surface area (Å²) in [5, 5.41) is 17.4. The van der Waals surface area contributed by atoms with Crippen LogP contribution in [0.4, 0.5) is 0 Å². The van der Waals surface area contributed by atoms with Crippen LogP contribution in [-0.2, 0) is 11.8 Å². The maximum absolute atomic E-state index is 8.70. The highest BCUT2D eigenvalue weighted by molar-refractivity contribution is 5.68. The van der Waals surface area contributed by atoms with E-state index in [2.05, 4.69) is 0 Å². The quantitative estimate of drug-likeness (QED) is 0.519. The van der Waals surface area contributed by atoms with Gasteiger partial charge in [0.1, 0.15) is 12.1 Å². The van der Waals surface area contributed by atoms with Crippen molar-refractivity contribution >= 4 is 5.76 Å². The number of methoxy groups -OCH3 is 1. The van der Waals surface area contributed by atoms with Crippen LogP contribution in [0.25, 0.3) is 5.76 Å². The largest absolute Gasteiger partial charge is 0.492 e. The van der Waals surface area contributed by atoms with Crippen LogP contribution in [0.3, 0.4) is 0 Å². The Labute approximate surface area is 82.2 Å². The lowest BCUT2D eigenvalue weighted by Gasteiger charge is -2.06. The minimum absolute atomic E-state index is 0.0192. The molecule has 14 heavy (non-hydrogen) atoms. The average molecular weight is 187 g/mol. The van der Waals surface area contributed by atoms with Gasteiger partial charge in [-0.2, -0.15) is 10.5 Å². The third-order valence-corrected chi connectivity index (χ3v) is 1.83. The molecular formula is C10H9N3O. The number of allylic oxidation sites excluding steroid dienone is 1. The number of nitriles is 2. The Morgan fingerprint density at radius 1 is 1.43 bits per heavy atom. The lowest BCUT2D eigenvalue weighted by molar-refractivity contribution is 0.365. The van der Waals surface area contributed by atoms with Gasteiger partial charge in [-0.05, 0) is 12.1 Å². The van der Waals surface area contributed by atoms with Gasteiger partial charge in [-0.15, -0.1) is 0 Å². The summed E-state index contributed by atoms with van der Waals surface area (Å²) in [5.74, 6) is 0.308. The van der Waals surface area contributed by atoms with Gasteiger partial charge in [0.05, 0.1) is 12.8 Å². The predicted octanol–water partition coefficient (Wildman–Crippen LogP) is 1.43. The molecule has 0 radical (unpaired) electrons. The van der Waals surface area contributed by atoms with Crippen molar-refractivity contribution in [1.29, 1.82) is 10.5 Å². The smallest absolute Gasteiger partial charge is 0.173 e. The van der Waals surface area contributed by atoms with E-state index in [-0.39, 0.29) is 5.57 Å². The van der Waals surface area contributed by atoms with Crippen molar-refractivity contribution in [2.75, 3.05) is 7.11 Å². The van der Waals surface area contributed by atoms with Crippen LogP contribution < -0.4 is 0 Å². The van der Waals surface area contributed by atoms with E-state index in [4.69, 9.17) is 15.3 Å². The molecule has 4 nitrogen and oxygen atoms in total. The van der Waals surface area contributed by atoms with E-state index in [1.54, 1.807) is 22.8 Å². The molecule has 0 N–H and O–H groups in total. The fraction of sp³-hybridized carbons (Fsp3) is 0.200. The molecule has 0 saturated carbocycles. The van der Waals surface area contributed by atoms with Crippen molar-refractivity contribution in [2.24, 2.45) is 7.05 Å². The number of aromatic nitrogens is 1. The standard InChI is InChI=1S/C10H9N3O/c1-13-5-3-4-9(13)10(14-2)8(6-11)7-12/h3-5H,1-2H3. The number of hydrogen-bond donors (Lipinski definition) is 0. The molecule has 1 heterocycles. The van der Waals surface area contributed by atoms with Crippen molar-refractivity contribution in [3.05, 3.63) is 29.6 Å². The third kappa shape index (κ3) is 1.60. The first-order valence-electron chi connectivity index (χ1n) is 3.94. The van der Waals surface area contributed by atoms with E-state index in [0.717, 1.165) is 0 Å². The van der Waals surface area contributed by atoms with E-state index in [1.165, 1.54) is 7.11 Å². The summed E-state index contributed by atoms with van der Waals surface area (Å²) < 4.78 is 6.82. The molecule has 0 aromatic carbocycles. The summed E-state index contributed by atoms with van der Waals surface area (Å²) in [6, 6.07) is 7.20. The summed E-state index contributed by atoms with van der Waals surface area (Å²) in [6.07, 6.45) is 1.82. The normalized spacial score (nSPS) is 8.57. The van der Waals surface area contributed by atoms with Gasteiger partial charge in [0, 0.05) is 13.2 Å². The Morgan fingerprint density at radius 3 is 2.43 bits per heavy atom. The van der Waals surface area contributed by atoms with Crippen LogP contribution in [0.1, 0.15) is 5.69 Å². The minimum atomic E-state index is -0.0192. The Bertz CT molecular complexity index is 427. The molecule has 1 aromatic rings. The summed E-state index contributed by atoms with van der Waals surface area (Å²) in [7, 11) is 3.26. The summed E-state index contributed by atoms with van der Waals surface area (Å²) in [5.41, 5.74) is 0.694. The van der Waals surface area contributed by atoms with Crippen LogP contribution in [-0.4, -0.2) is 11.7 Å². The SMILES string of the molecule is COC(=C(C#N)C#N)c1cccn1C. The van der Waals surface area contributed by atoms with Gasteiger partial charge in [0.2, 0.25) is 0 Å².